The van der Waals surface area contributed by atoms with Crippen molar-refractivity contribution >= 4 is 29.9 Å². The first-order valence-electron chi connectivity index (χ1n) is 6.98. The van der Waals surface area contributed by atoms with E-state index < -0.39 is 0 Å². The van der Waals surface area contributed by atoms with Crippen LogP contribution in [0, 0.1) is 12.8 Å². The minimum atomic E-state index is 0. The van der Waals surface area contributed by atoms with Gasteiger partial charge in [-0.1, -0.05) is 19.9 Å². The quantitative estimate of drug-likeness (QED) is 0.446. The number of guanidine groups is 1. The van der Waals surface area contributed by atoms with Crippen molar-refractivity contribution in [1.82, 2.24) is 15.6 Å². The predicted molar refractivity (Wildman–Crippen MR) is 96.9 cm³/mol. The van der Waals surface area contributed by atoms with Gasteiger partial charge in [-0.25, -0.2) is 0 Å². The van der Waals surface area contributed by atoms with E-state index in [2.05, 4.69) is 40.5 Å². The number of hydrogen-bond acceptors (Lipinski definition) is 2. The summed E-state index contributed by atoms with van der Waals surface area (Å²) in [5.41, 5.74) is 2.30. The van der Waals surface area contributed by atoms with Crippen LogP contribution in [-0.2, 0) is 6.42 Å². The molecule has 0 amide bonds. The molecular weight excluding hydrogens is 363 g/mol. The molecule has 0 spiro atoms. The van der Waals surface area contributed by atoms with Gasteiger partial charge in [0.25, 0.3) is 0 Å². The topological polar surface area (TPSA) is 49.3 Å². The molecule has 0 aliphatic carbocycles. The second-order valence-corrected chi connectivity index (χ2v) is 5.17. The summed E-state index contributed by atoms with van der Waals surface area (Å²) in [5, 5.41) is 6.64. The number of aromatic nitrogens is 1. The lowest BCUT2D eigenvalue weighted by Gasteiger charge is -2.12. The van der Waals surface area contributed by atoms with Crippen LogP contribution in [0.25, 0.3) is 0 Å². The molecule has 114 valence electrons. The van der Waals surface area contributed by atoms with Crippen molar-refractivity contribution < 1.29 is 0 Å². The third-order valence-corrected chi connectivity index (χ3v) is 2.92. The molecule has 0 aliphatic rings. The number of pyridine rings is 1. The first kappa shape index (κ1) is 19.1. The van der Waals surface area contributed by atoms with Gasteiger partial charge in [0.1, 0.15) is 0 Å². The fourth-order valence-corrected chi connectivity index (χ4v) is 1.67. The maximum absolute atomic E-state index is 4.29. The van der Waals surface area contributed by atoms with Gasteiger partial charge in [-0.15, -0.1) is 24.0 Å². The van der Waals surface area contributed by atoms with Crippen LogP contribution in [0.3, 0.4) is 0 Å². The largest absolute Gasteiger partial charge is 0.356 e. The molecule has 1 rings (SSSR count). The van der Waals surface area contributed by atoms with Gasteiger partial charge in [0.05, 0.1) is 0 Å². The second-order valence-electron chi connectivity index (χ2n) is 5.17. The summed E-state index contributed by atoms with van der Waals surface area (Å²) in [6.45, 7) is 8.28. The maximum Gasteiger partial charge on any atom is 0.190 e. The Balaban J connectivity index is 0.00000361. The number of nitrogens with zero attached hydrogens (tertiary/aromatic N) is 2. The Labute approximate surface area is 139 Å². The highest BCUT2D eigenvalue weighted by Crippen LogP contribution is 1.99. The van der Waals surface area contributed by atoms with Crippen LogP contribution < -0.4 is 10.6 Å². The molecule has 0 aliphatic heterocycles. The van der Waals surface area contributed by atoms with Crippen LogP contribution in [0.15, 0.2) is 23.3 Å². The third kappa shape index (κ3) is 8.35. The zero-order chi connectivity index (χ0) is 14.1. The van der Waals surface area contributed by atoms with Crippen LogP contribution >= 0.6 is 24.0 Å². The summed E-state index contributed by atoms with van der Waals surface area (Å²) < 4.78 is 0. The number of nitrogens with one attached hydrogen (secondary N) is 2. The van der Waals surface area contributed by atoms with E-state index in [1.807, 2.05) is 19.2 Å². The predicted octanol–water partition coefficient (Wildman–Crippen LogP) is 2.76. The lowest BCUT2D eigenvalue weighted by atomic mass is 10.1. The van der Waals surface area contributed by atoms with Crippen molar-refractivity contribution in [2.45, 2.75) is 33.6 Å². The van der Waals surface area contributed by atoms with Crippen molar-refractivity contribution in [1.29, 1.82) is 0 Å². The van der Waals surface area contributed by atoms with E-state index in [9.17, 15) is 0 Å². The maximum atomic E-state index is 4.29. The molecule has 0 fully saturated rings. The molecule has 0 saturated carbocycles. The van der Waals surface area contributed by atoms with Crippen LogP contribution in [0.4, 0.5) is 0 Å². The van der Waals surface area contributed by atoms with Crippen molar-refractivity contribution in [3.8, 4) is 0 Å². The molecule has 4 nitrogen and oxygen atoms in total. The van der Waals surface area contributed by atoms with Crippen LogP contribution in [0.1, 0.15) is 31.5 Å². The Kier molecular flexibility index (Phi) is 10.4. The van der Waals surface area contributed by atoms with Gasteiger partial charge in [-0.2, -0.15) is 0 Å². The second kappa shape index (κ2) is 10.9. The van der Waals surface area contributed by atoms with Gasteiger partial charge >= 0.3 is 0 Å². The van der Waals surface area contributed by atoms with E-state index in [0.717, 1.165) is 37.6 Å². The van der Waals surface area contributed by atoms with E-state index in [-0.39, 0.29) is 24.0 Å². The summed E-state index contributed by atoms with van der Waals surface area (Å²) in [4.78, 5) is 8.50. The summed E-state index contributed by atoms with van der Waals surface area (Å²) >= 11 is 0. The Hall–Kier alpha value is -0.850. The number of hydrogen-bond donors (Lipinski definition) is 2. The summed E-state index contributed by atoms with van der Waals surface area (Å²) in [5.74, 6) is 1.59. The van der Waals surface area contributed by atoms with Gasteiger partial charge in [-0.3, -0.25) is 9.98 Å². The lowest BCUT2D eigenvalue weighted by molar-refractivity contribution is 0.573. The van der Waals surface area contributed by atoms with Gasteiger partial charge < -0.3 is 10.6 Å². The van der Waals surface area contributed by atoms with Gasteiger partial charge in [0, 0.05) is 32.0 Å². The molecule has 2 N–H and O–H groups in total. The molecule has 5 heteroatoms. The number of halogens is 1. The summed E-state index contributed by atoms with van der Waals surface area (Å²) in [6, 6.07) is 4.17. The monoisotopic (exact) mass is 390 g/mol. The standard InChI is InChI=1S/C15H26N4.HI/c1-12(2)7-9-17-15(16-4)18-10-8-14-6-5-13(3)19-11-14;/h5-6,11-12H,7-10H2,1-4H3,(H2,16,17,18);1H. The highest BCUT2D eigenvalue weighted by molar-refractivity contribution is 14.0. The van der Waals surface area contributed by atoms with Crippen molar-refractivity contribution in [2.75, 3.05) is 20.1 Å². The Bertz CT molecular complexity index is 387. The van der Waals surface area contributed by atoms with E-state index in [4.69, 9.17) is 0 Å². The summed E-state index contributed by atoms with van der Waals surface area (Å²) in [7, 11) is 1.80. The number of aliphatic imine (C=N–C) groups is 1. The fourth-order valence-electron chi connectivity index (χ4n) is 1.67. The normalized spacial score (nSPS) is 11.2. The molecule has 0 saturated heterocycles. The van der Waals surface area contributed by atoms with Crippen LogP contribution in [0.5, 0.6) is 0 Å². The van der Waals surface area contributed by atoms with Crippen molar-refractivity contribution in [2.24, 2.45) is 10.9 Å². The average molecular weight is 390 g/mol. The highest BCUT2D eigenvalue weighted by Gasteiger charge is 1.99. The minimum absolute atomic E-state index is 0. The molecule has 1 heterocycles. The molecule has 0 bridgehead atoms. The molecule has 0 unspecified atom stereocenters. The molecule has 1 aromatic rings. The van der Waals surface area contributed by atoms with E-state index in [1.165, 1.54) is 5.56 Å². The molecule has 20 heavy (non-hydrogen) atoms. The van der Waals surface area contributed by atoms with Crippen molar-refractivity contribution in [3.05, 3.63) is 29.6 Å². The Morgan fingerprint density at radius 1 is 1.25 bits per heavy atom. The fraction of sp³-hybridized carbons (Fsp3) is 0.600. The molecule has 0 radical (unpaired) electrons. The average Bonchev–Trinajstić information content (AvgIpc) is 2.39. The number of aryl methyl sites for hydroxylation is 1. The van der Waals surface area contributed by atoms with E-state index in [1.54, 1.807) is 7.05 Å². The van der Waals surface area contributed by atoms with Gasteiger partial charge in [0.15, 0.2) is 5.96 Å². The molecule has 1 aromatic heterocycles. The Morgan fingerprint density at radius 2 is 1.95 bits per heavy atom. The zero-order valence-corrected chi connectivity index (χ0v) is 15.3. The van der Waals surface area contributed by atoms with Crippen molar-refractivity contribution in [3.63, 3.8) is 0 Å². The van der Waals surface area contributed by atoms with Gasteiger partial charge in [0.2, 0.25) is 0 Å². The number of rotatable bonds is 6. The molecular formula is C15H27IN4. The molecule has 0 aromatic carbocycles. The first-order valence-corrected chi connectivity index (χ1v) is 6.98. The van der Waals surface area contributed by atoms with E-state index in [0.29, 0.717) is 5.92 Å². The third-order valence-electron chi connectivity index (χ3n) is 2.92. The zero-order valence-electron chi connectivity index (χ0n) is 12.9. The SMILES string of the molecule is CN=C(NCCc1ccc(C)nc1)NCCC(C)C.I. The smallest absolute Gasteiger partial charge is 0.190 e. The summed E-state index contributed by atoms with van der Waals surface area (Å²) in [6.07, 6.45) is 4.05. The van der Waals surface area contributed by atoms with Gasteiger partial charge in [-0.05, 0) is 37.3 Å². The Morgan fingerprint density at radius 3 is 2.50 bits per heavy atom. The van der Waals surface area contributed by atoms with Crippen LogP contribution in [-0.4, -0.2) is 31.1 Å². The first-order chi connectivity index (χ1) is 9.11. The highest BCUT2D eigenvalue weighted by atomic mass is 127. The minimum Gasteiger partial charge on any atom is -0.356 e. The molecule has 0 atom stereocenters. The van der Waals surface area contributed by atoms with Crippen LogP contribution in [0.2, 0.25) is 0 Å². The van der Waals surface area contributed by atoms with E-state index >= 15 is 0 Å². The lowest BCUT2D eigenvalue weighted by Crippen LogP contribution is -2.39.